The van der Waals surface area contributed by atoms with E-state index in [2.05, 4.69) is 20.8 Å². The van der Waals surface area contributed by atoms with E-state index in [0.29, 0.717) is 0 Å². The Morgan fingerprint density at radius 3 is 2.67 bits per heavy atom. The third kappa shape index (κ3) is 1.16. The first kappa shape index (κ1) is 12.2. The highest BCUT2D eigenvalue weighted by molar-refractivity contribution is 5.80. The Bertz CT molecular complexity index is 451. The molecule has 4 unspecified atom stereocenters. The molecular weight excluding hydrogens is 228 g/mol. The van der Waals surface area contributed by atoms with E-state index in [1.807, 2.05) is 13.0 Å². The Labute approximate surface area is 108 Å². The van der Waals surface area contributed by atoms with Gasteiger partial charge >= 0.3 is 5.97 Å². The van der Waals surface area contributed by atoms with E-state index in [4.69, 9.17) is 4.74 Å². The van der Waals surface area contributed by atoms with Crippen molar-refractivity contribution in [3.05, 3.63) is 11.6 Å². The Hall–Kier alpha value is -0.830. The van der Waals surface area contributed by atoms with Gasteiger partial charge in [0.25, 0.3) is 0 Å². The fraction of sp³-hybridized carbons (Fsp3) is 0.800. The molecule has 4 atom stereocenters. The average Bonchev–Trinajstić information content (AvgIpc) is 2.38. The van der Waals surface area contributed by atoms with Crippen molar-refractivity contribution in [3.63, 3.8) is 0 Å². The molecule has 1 saturated carbocycles. The normalized spacial score (nSPS) is 49.4. The lowest BCUT2D eigenvalue weighted by Gasteiger charge is -2.48. The number of rotatable bonds is 0. The molecule has 0 aromatic heterocycles. The van der Waals surface area contributed by atoms with Gasteiger partial charge in [-0.25, -0.2) is 0 Å². The van der Waals surface area contributed by atoms with Crippen LogP contribution in [0.15, 0.2) is 11.6 Å². The monoisotopic (exact) mass is 250 g/mol. The molecule has 3 rings (SSSR count). The molecule has 0 amide bonds. The topological polar surface area (TPSA) is 46.5 Å². The summed E-state index contributed by atoms with van der Waals surface area (Å²) in [6, 6.07) is 0. The predicted octanol–water partition coefficient (Wildman–Crippen LogP) is 2.44. The van der Waals surface area contributed by atoms with E-state index in [-0.39, 0.29) is 22.9 Å². The first-order valence-corrected chi connectivity index (χ1v) is 6.85. The largest absolute Gasteiger partial charge is 0.457 e. The molecule has 0 aromatic rings. The highest BCUT2D eigenvalue weighted by atomic mass is 16.6. The molecule has 0 aromatic carbocycles. The van der Waals surface area contributed by atoms with Crippen molar-refractivity contribution >= 4 is 5.97 Å². The van der Waals surface area contributed by atoms with Crippen molar-refractivity contribution in [2.24, 2.45) is 16.7 Å². The summed E-state index contributed by atoms with van der Waals surface area (Å²) in [5.41, 5.74) is -0.576. The standard InChI is InChI=1S/C15H22O3/c1-9-8-15(17)10-12(16)18-11(9)14(10,4)7-5-6-13(15,2)3/h8,10-11,17H,5-7H2,1-4H3. The molecule has 0 radical (unpaired) electrons. The Kier molecular flexibility index (Phi) is 2.16. The summed E-state index contributed by atoms with van der Waals surface area (Å²) in [6.07, 6.45) is 4.70. The van der Waals surface area contributed by atoms with Crippen molar-refractivity contribution < 1.29 is 14.6 Å². The Morgan fingerprint density at radius 2 is 2.00 bits per heavy atom. The lowest BCUT2D eigenvalue weighted by Crippen LogP contribution is -2.57. The summed E-state index contributed by atoms with van der Waals surface area (Å²) in [4.78, 5) is 12.3. The lowest BCUT2D eigenvalue weighted by molar-refractivity contribution is -0.154. The second-order valence-electron chi connectivity index (χ2n) is 7.21. The molecule has 1 aliphatic heterocycles. The highest BCUT2D eigenvalue weighted by Gasteiger charge is 2.68. The fourth-order valence-electron chi connectivity index (χ4n) is 4.51. The molecule has 4 bridgehead atoms. The number of aliphatic hydroxyl groups is 1. The third-order valence-corrected chi connectivity index (χ3v) is 5.63. The molecule has 3 nitrogen and oxygen atoms in total. The summed E-state index contributed by atoms with van der Waals surface area (Å²) in [6.45, 7) is 8.21. The lowest BCUT2D eigenvalue weighted by atomic mass is 9.56. The molecular formula is C15H22O3. The Morgan fingerprint density at radius 1 is 1.33 bits per heavy atom. The van der Waals surface area contributed by atoms with Crippen LogP contribution in [0, 0.1) is 16.7 Å². The first-order chi connectivity index (χ1) is 8.22. The highest BCUT2D eigenvalue weighted by Crippen LogP contribution is 2.62. The molecule has 0 spiro atoms. The summed E-state index contributed by atoms with van der Waals surface area (Å²) < 4.78 is 5.56. The smallest absolute Gasteiger partial charge is 0.313 e. The number of ether oxygens (including phenoxy) is 1. The van der Waals surface area contributed by atoms with Crippen molar-refractivity contribution in [3.8, 4) is 0 Å². The van der Waals surface area contributed by atoms with E-state index in [9.17, 15) is 9.90 Å². The number of hydrogen-bond donors (Lipinski definition) is 1. The van der Waals surface area contributed by atoms with Crippen molar-refractivity contribution in [2.45, 2.75) is 58.7 Å². The molecule has 3 heteroatoms. The molecule has 100 valence electrons. The van der Waals surface area contributed by atoms with Gasteiger partial charge in [0.15, 0.2) is 0 Å². The van der Waals surface area contributed by atoms with E-state index >= 15 is 0 Å². The summed E-state index contributed by atoms with van der Waals surface area (Å²) in [5, 5.41) is 11.2. The van der Waals surface area contributed by atoms with Crippen LogP contribution < -0.4 is 0 Å². The zero-order valence-electron chi connectivity index (χ0n) is 11.6. The molecule has 2 fully saturated rings. The average molecular weight is 250 g/mol. The SMILES string of the molecule is CC1=CC2(O)C3C(=O)OC1C3(C)CCCC2(C)C. The third-order valence-electron chi connectivity index (χ3n) is 5.63. The van der Waals surface area contributed by atoms with Gasteiger partial charge in [0.05, 0.1) is 5.92 Å². The molecule has 1 heterocycles. The number of carbonyl (C=O) groups excluding carboxylic acids is 1. The van der Waals surface area contributed by atoms with Crippen LogP contribution in [0.2, 0.25) is 0 Å². The van der Waals surface area contributed by atoms with Gasteiger partial charge in [-0.3, -0.25) is 4.79 Å². The maximum atomic E-state index is 12.3. The van der Waals surface area contributed by atoms with Crippen LogP contribution in [0.1, 0.15) is 47.0 Å². The fourth-order valence-corrected chi connectivity index (χ4v) is 4.51. The van der Waals surface area contributed by atoms with Crippen molar-refractivity contribution in [1.82, 2.24) is 0 Å². The first-order valence-electron chi connectivity index (χ1n) is 6.85. The minimum absolute atomic E-state index is 0.135. The van der Waals surface area contributed by atoms with Gasteiger partial charge < -0.3 is 9.84 Å². The van der Waals surface area contributed by atoms with Crippen LogP contribution in [-0.2, 0) is 9.53 Å². The molecule has 2 aliphatic carbocycles. The zero-order valence-corrected chi connectivity index (χ0v) is 11.6. The molecule has 1 N–H and O–H groups in total. The van der Waals surface area contributed by atoms with Crippen molar-refractivity contribution in [1.29, 1.82) is 0 Å². The zero-order chi connectivity index (χ0) is 13.3. The van der Waals surface area contributed by atoms with E-state index in [1.165, 1.54) is 0 Å². The minimum Gasteiger partial charge on any atom is -0.457 e. The predicted molar refractivity (Wildman–Crippen MR) is 67.8 cm³/mol. The maximum Gasteiger partial charge on any atom is 0.313 e. The van der Waals surface area contributed by atoms with Gasteiger partial charge in [0.2, 0.25) is 0 Å². The maximum absolute atomic E-state index is 12.3. The second kappa shape index (κ2) is 3.19. The quantitative estimate of drug-likeness (QED) is 0.530. The van der Waals surface area contributed by atoms with Crippen LogP contribution in [0.3, 0.4) is 0 Å². The van der Waals surface area contributed by atoms with Gasteiger partial charge in [0.1, 0.15) is 11.7 Å². The second-order valence-corrected chi connectivity index (χ2v) is 7.21. The van der Waals surface area contributed by atoms with Crippen LogP contribution in [-0.4, -0.2) is 22.8 Å². The van der Waals surface area contributed by atoms with Crippen LogP contribution in [0.4, 0.5) is 0 Å². The molecule has 3 aliphatic rings. The minimum atomic E-state index is -1.06. The number of hydrogen-bond acceptors (Lipinski definition) is 3. The van der Waals surface area contributed by atoms with E-state index in [0.717, 1.165) is 24.8 Å². The summed E-state index contributed by atoms with van der Waals surface area (Å²) in [5.74, 6) is -0.621. The van der Waals surface area contributed by atoms with E-state index < -0.39 is 11.5 Å². The van der Waals surface area contributed by atoms with Crippen LogP contribution in [0.25, 0.3) is 0 Å². The summed E-state index contributed by atoms with van der Waals surface area (Å²) >= 11 is 0. The van der Waals surface area contributed by atoms with Gasteiger partial charge in [-0.1, -0.05) is 27.2 Å². The number of carbonyl (C=O) groups is 1. The van der Waals surface area contributed by atoms with Gasteiger partial charge in [-0.05, 0) is 36.8 Å². The number of esters is 1. The van der Waals surface area contributed by atoms with Crippen molar-refractivity contribution in [2.75, 3.05) is 0 Å². The van der Waals surface area contributed by atoms with Gasteiger partial charge in [-0.15, -0.1) is 0 Å². The van der Waals surface area contributed by atoms with Crippen LogP contribution >= 0.6 is 0 Å². The Balaban J connectivity index is 2.27. The van der Waals surface area contributed by atoms with Gasteiger partial charge in [-0.2, -0.15) is 0 Å². The summed E-state index contributed by atoms with van der Waals surface area (Å²) in [7, 11) is 0. The molecule has 18 heavy (non-hydrogen) atoms. The van der Waals surface area contributed by atoms with E-state index in [1.54, 1.807) is 0 Å². The van der Waals surface area contributed by atoms with Crippen LogP contribution in [0.5, 0.6) is 0 Å². The molecule has 1 saturated heterocycles. The van der Waals surface area contributed by atoms with Gasteiger partial charge in [0, 0.05) is 5.41 Å².